The number of rotatable bonds is 5. The quantitative estimate of drug-likeness (QED) is 0.580. The van der Waals surface area contributed by atoms with Gasteiger partial charge in [0.15, 0.2) is 5.82 Å². The number of aromatic nitrogens is 3. The summed E-state index contributed by atoms with van der Waals surface area (Å²) in [6.45, 7) is 0.0429. The van der Waals surface area contributed by atoms with E-state index in [1.54, 1.807) is 36.5 Å². The third-order valence-electron chi connectivity index (χ3n) is 4.30. The van der Waals surface area contributed by atoms with Crippen molar-refractivity contribution in [1.29, 1.82) is 0 Å². The molecule has 0 radical (unpaired) electrons. The van der Waals surface area contributed by atoms with E-state index in [2.05, 4.69) is 15.4 Å². The van der Waals surface area contributed by atoms with Gasteiger partial charge < -0.3 is 5.32 Å². The molecule has 4 rings (SSSR count). The van der Waals surface area contributed by atoms with Crippen LogP contribution >= 0.6 is 0 Å². The van der Waals surface area contributed by atoms with E-state index in [1.165, 1.54) is 0 Å². The highest BCUT2D eigenvalue weighted by Gasteiger charge is 2.14. The number of hydrogen-bond acceptors (Lipinski definition) is 3. The largest absolute Gasteiger partial charge is 0.303 e. The number of alkyl halides is 1. The molecular formula is C21H17FN4O. The fourth-order valence-electron chi connectivity index (χ4n) is 2.92. The Morgan fingerprint density at radius 1 is 0.963 bits per heavy atom. The molecule has 2 aromatic carbocycles. The van der Waals surface area contributed by atoms with Gasteiger partial charge in [-0.15, -0.1) is 0 Å². The minimum Gasteiger partial charge on any atom is -0.303 e. The van der Waals surface area contributed by atoms with Crippen LogP contribution in [0.2, 0.25) is 0 Å². The van der Waals surface area contributed by atoms with Crippen LogP contribution in [0.3, 0.4) is 0 Å². The molecule has 0 saturated carbocycles. The predicted molar refractivity (Wildman–Crippen MR) is 102 cm³/mol. The summed E-state index contributed by atoms with van der Waals surface area (Å²) in [7, 11) is 0. The Balaban J connectivity index is 1.65. The summed E-state index contributed by atoms with van der Waals surface area (Å²) in [4.78, 5) is 16.5. The summed E-state index contributed by atoms with van der Waals surface area (Å²) in [5.74, 6) is 0.180. The molecule has 134 valence electrons. The Labute approximate surface area is 155 Å². The third kappa shape index (κ3) is 3.55. The van der Waals surface area contributed by atoms with Crippen LogP contribution in [0, 0.1) is 0 Å². The summed E-state index contributed by atoms with van der Waals surface area (Å²) >= 11 is 0. The monoisotopic (exact) mass is 360 g/mol. The average molecular weight is 360 g/mol. The normalized spacial score (nSPS) is 10.9. The highest BCUT2D eigenvalue weighted by atomic mass is 19.1. The second kappa shape index (κ2) is 7.37. The number of fused-ring (bicyclic) bond motifs is 1. The molecule has 6 heteroatoms. The Morgan fingerprint density at radius 3 is 2.44 bits per heavy atom. The van der Waals surface area contributed by atoms with Gasteiger partial charge in [0.1, 0.15) is 12.4 Å². The van der Waals surface area contributed by atoms with E-state index in [1.807, 2.05) is 41.1 Å². The second-order valence-corrected chi connectivity index (χ2v) is 6.14. The van der Waals surface area contributed by atoms with Gasteiger partial charge in [-0.3, -0.25) is 14.5 Å². The highest BCUT2D eigenvalue weighted by molar-refractivity contribution is 6.06. The molecule has 0 bridgehead atoms. The van der Waals surface area contributed by atoms with Gasteiger partial charge in [0.2, 0.25) is 0 Å². The van der Waals surface area contributed by atoms with Gasteiger partial charge in [0, 0.05) is 11.6 Å². The van der Waals surface area contributed by atoms with Gasteiger partial charge >= 0.3 is 0 Å². The summed E-state index contributed by atoms with van der Waals surface area (Å²) in [6.07, 6.45) is 1.58. The number of nitrogens with one attached hydrogen (secondary N) is 1. The number of carbonyl (C=O) groups is 1. The number of nitrogens with zero attached hydrogens (tertiary/aromatic N) is 3. The molecule has 1 amide bonds. The van der Waals surface area contributed by atoms with Crippen molar-refractivity contribution in [2.75, 3.05) is 5.32 Å². The van der Waals surface area contributed by atoms with Crippen LogP contribution in [-0.4, -0.2) is 20.7 Å². The van der Waals surface area contributed by atoms with Crippen LogP contribution in [0.25, 0.3) is 10.9 Å². The van der Waals surface area contributed by atoms with Crippen LogP contribution in [0.5, 0.6) is 0 Å². The molecule has 0 unspecified atom stereocenters. The van der Waals surface area contributed by atoms with Crippen molar-refractivity contribution in [1.82, 2.24) is 14.8 Å². The van der Waals surface area contributed by atoms with Crippen LogP contribution < -0.4 is 5.32 Å². The highest BCUT2D eigenvalue weighted by Crippen LogP contribution is 2.24. The molecule has 27 heavy (non-hydrogen) atoms. The van der Waals surface area contributed by atoms with E-state index < -0.39 is 6.67 Å². The number of amides is 1. The van der Waals surface area contributed by atoms with Crippen molar-refractivity contribution < 1.29 is 9.18 Å². The molecule has 0 saturated heterocycles. The van der Waals surface area contributed by atoms with Gasteiger partial charge in [-0.25, -0.2) is 4.39 Å². The zero-order chi connectivity index (χ0) is 18.6. The summed E-state index contributed by atoms with van der Waals surface area (Å²) in [6, 6.07) is 20.2. The summed E-state index contributed by atoms with van der Waals surface area (Å²) in [5.41, 5.74) is 2.89. The van der Waals surface area contributed by atoms with Crippen molar-refractivity contribution in [3.05, 3.63) is 89.7 Å². The Hall–Kier alpha value is -3.54. The maximum atomic E-state index is 12.7. The molecule has 0 aliphatic carbocycles. The molecule has 4 aromatic rings. The van der Waals surface area contributed by atoms with E-state index in [0.29, 0.717) is 23.6 Å². The Bertz CT molecular complexity index is 1070. The van der Waals surface area contributed by atoms with Crippen molar-refractivity contribution in [3.63, 3.8) is 0 Å². The lowest BCUT2D eigenvalue weighted by molar-refractivity contribution is 0.102. The number of benzene rings is 2. The zero-order valence-corrected chi connectivity index (χ0v) is 14.5. The fourth-order valence-corrected chi connectivity index (χ4v) is 2.92. The fraction of sp³-hybridized carbons (Fsp3) is 0.0952. The van der Waals surface area contributed by atoms with Crippen LogP contribution in [0.1, 0.15) is 21.6 Å². The molecule has 0 aliphatic heterocycles. The number of carbonyl (C=O) groups excluding carboxylic acids is 1. The number of para-hydroxylation sites is 1. The van der Waals surface area contributed by atoms with Crippen molar-refractivity contribution in [2.24, 2.45) is 0 Å². The summed E-state index contributed by atoms with van der Waals surface area (Å²) < 4.78 is 14.5. The molecule has 1 N–H and O–H groups in total. The van der Waals surface area contributed by atoms with Gasteiger partial charge in [-0.05, 0) is 35.4 Å². The zero-order valence-electron chi connectivity index (χ0n) is 14.5. The number of halogens is 1. The molecule has 5 nitrogen and oxygen atoms in total. The predicted octanol–water partition coefficient (Wildman–Crippen LogP) is 4.20. The van der Waals surface area contributed by atoms with Crippen LogP contribution in [-0.2, 0) is 13.2 Å². The second-order valence-electron chi connectivity index (χ2n) is 6.14. The van der Waals surface area contributed by atoms with E-state index >= 15 is 0 Å². The maximum Gasteiger partial charge on any atom is 0.275 e. The van der Waals surface area contributed by atoms with Gasteiger partial charge in [0.05, 0.1) is 12.1 Å². The van der Waals surface area contributed by atoms with E-state index in [9.17, 15) is 9.18 Å². The molecule has 2 heterocycles. The molecule has 0 atom stereocenters. The standard InChI is InChI=1S/C21H17FN4O/c22-13-15-8-10-16(11-9-15)14-26-19-7-2-1-5-17(19)20(25-26)24-21(27)18-6-3-4-12-23-18/h1-12H,13-14H2,(H,24,25,27). The molecule has 2 aromatic heterocycles. The SMILES string of the molecule is O=C(Nc1nn(Cc2ccc(CF)cc2)c2ccccc12)c1ccccn1. The van der Waals surface area contributed by atoms with Crippen molar-refractivity contribution in [3.8, 4) is 0 Å². The van der Waals surface area contributed by atoms with E-state index in [0.717, 1.165) is 16.5 Å². The van der Waals surface area contributed by atoms with Gasteiger partial charge in [0.25, 0.3) is 5.91 Å². The smallest absolute Gasteiger partial charge is 0.275 e. The first-order chi connectivity index (χ1) is 13.2. The number of hydrogen-bond donors (Lipinski definition) is 1. The molecular weight excluding hydrogens is 343 g/mol. The lowest BCUT2D eigenvalue weighted by Gasteiger charge is -2.04. The molecule has 0 fully saturated rings. The third-order valence-corrected chi connectivity index (χ3v) is 4.30. The first kappa shape index (κ1) is 16.9. The minimum absolute atomic E-state index is 0.307. The van der Waals surface area contributed by atoms with Gasteiger partial charge in [-0.1, -0.05) is 42.5 Å². The Morgan fingerprint density at radius 2 is 1.70 bits per heavy atom. The topological polar surface area (TPSA) is 59.8 Å². The van der Waals surface area contributed by atoms with Crippen molar-refractivity contribution in [2.45, 2.75) is 13.2 Å². The summed E-state index contributed by atoms with van der Waals surface area (Å²) in [5, 5.41) is 8.27. The minimum atomic E-state index is -0.477. The van der Waals surface area contributed by atoms with Crippen LogP contribution in [0.15, 0.2) is 72.9 Å². The lowest BCUT2D eigenvalue weighted by atomic mass is 10.1. The first-order valence-electron chi connectivity index (χ1n) is 8.56. The number of anilines is 1. The van der Waals surface area contributed by atoms with E-state index in [-0.39, 0.29) is 5.91 Å². The number of pyridine rings is 1. The Kier molecular flexibility index (Phi) is 4.61. The molecule has 0 spiro atoms. The van der Waals surface area contributed by atoms with E-state index in [4.69, 9.17) is 0 Å². The average Bonchev–Trinajstić information content (AvgIpc) is 3.06. The van der Waals surface area contributed by atoms with Gasteiger partial charge in [-0.2, -0.15) is 5.10 Å². The lowest BCUT2D eigenvalue weighted by Crippen LogP contribution is -2.14. The van der Waals surface area contributed by atoms with Crippen LogP contribution in [0.4, 0.5) is 10.2 Å². The maximum absolute atomic E-state index is 12.7. The van der Waals surface area contributed by atoms with Crippen molar-refractivity contribution >= 4 is 22.6 Å². The first-order valence-corrected chi connectivity index (χ1v) is 8.56. The molecule has 0 aliphatic rings.